The van der Waals surface area contributed by atoms with E-state index in [9.17, 15) is 0 Å². The number of rotatable bonds is 2. The molecule has 0 aliphatic rings. The predicted molar refractivity (Wildman–Crippen MR) is 74.1 cm³/mol. The van der Waals surface area contributed by atoms with Crippen LogP contribution >= 0.6 is 31.9 Å². The summed E-state index contributed by atoms with van der Waals surface area (Å²) in [6, 6.07) is 9.97. The van der Waals surface area contributed by atoms with Crippen LogP contribution in [0.1, 0.15) is 5.56 Å². The van der Waals surface area contributed by atoms with Crippen LogP contribution < -0.4 is 5.32 Å². The number of aryl methyl sites for hydroxylation is 1. The molecule has 0 spiro atoms. The van der Waals surface area contributed by atoms with E-state index in [1.165, 1.54) is 0 Å². The number of anilines is 2. The molecule has 0 radical (unpaired) electrons. The van der Waals surface area contributed by atoms with Gasteiger partial charge in [0.05, 0.1) is 5.69 Å². The number of nitrogens with one attached hydrogen (secondary N) is 1. The highest BCUT2D eigenvalue weighted by molar-refractivity contribution is 9.10. The zero-order chi connectivity index (χ0) is 11.5. The summed E-state index contributed by atoms with van der Waals surface area (Å²) < 4.78 is 2.04. The maximum atomic E-state index is 4.30. The zero-order valence-electron chi connectivity index (χ0n) is 8.67. The summed E-state index contributed by atoms with van der Waals surface area (Å²) in [5.41, 5.74) is 2.17. The van der Waals surface area contributed by atoms with Crippen molar-refractivity contribution in [3.63, 3.8) is 0 Å². The molecule has 2 aromatic rings. The smallest absolute Gasteiger partial charge is 0.130 e. The van der Waals surface area contributed by atoms with Crippen LogP contribution in [0, 0.1) is 6.92 Å². The standard InChI is InChI=1S/C12H10Br2N2/c1-8-6-12(15-7-10(8)14)16-11-5-3-2-4-9(11)13/h2-7H,1H3,(H,15,16). The Morgan fingerprint density at radius 2 is 1.88 bits per heavy atom. The average molecular weight is 342 g/mol. The van der Waals surface area contributed by atoms with Crippen molar-refractivity contribution >= 4 is 43.4 Å². The van der Waals surface area contributed by atoms with Crippen LogP contribution in [-0.4, -0.2) is 4.98 Å². The molecular weight excluding hydrogens is 332 g/mol. The van der Waals surface area contributed by atoms with Crippen molar-refractivity contribution in [3.05, 3.63) is 51.0 Å². The Morgan fingerprint density at radius 1 is 1.12 bits per heavy atom. The van der Waals surface area contributed by atoms with Crippen molar-refractivity contribution in [1.29, 1.82) is 0 Å². The van der Waals surface area contributed by atoms with E-state index >= 15 is 0 Å². The van der Waals surface area contributed by atoms with Gasteiger partial charge in [-0.2, -0.15) is 0 Å². The van der Waals surface area contributed by atoms with Gasteiger partial charge >= 0.3 is 0 Å². The second-order valence-electron chi connectivity index (χ2n) is 3.42. The van der Waals surface area contributed by atoms with Crippen molar-refractivity contribution in [2.24, 2.45) is 0 Å². The third kappa shape index (κ3) is 2.62. The zero-order valence-corrected chi connectivity index (χ0v) is 11.8. The number of pyridine rings is 1. The van der Waals surface area contributed by atoms with Crippen molar-refractivity contribution in [2.75, 3.05) is 5.32 Å². The first-order chi connectivity index (χ1) is 7.66. The molecular formula is C12H10Br2N2. The lowest BCUT2D eigenvalue weighted by atomic mass is 10.3. The summed E-state index contributed by atoms with van der Waals surface area (Å²) in [5, 5.41) is 3.26. The van der Waals surface area contributed by atoms with E-state index < -0.39 is 0 Å². The minimum absolute atomic E-state index is 0.840. The van der Waals surface area contributed by atoms with Crippen molar-refractivity contribution < 1.29 is 0 Å². The van der Waals surface area contributed by atoms with Crippen molar-refractivity contribution in [1.82, 2.24) is 4.98 Å². The summed E-state index contributed by atoms with van der Waals surface area (Å²) in [6.07, 6.45) is 1.80. The number of halogens is 2. The molecule has 2 rings (SSSR count). The maximum Gasteiger partial charge on any atom is 0.130 e. The topological polar surface area (TPSA) is 24.9 Å². The molecule has 0 atom stereocenters. The lowest BCUT2D eigenvalue weighted by Gasteiger charge is -2.08. The fourth-order valence-electron chi connectivity index (χ4n) is 1.31. The minimum atomic E-state index is 0.840. The van der Waals surface area contributed by atoms with Gasteiger partial charge in [-0.05, 0) is 62.5 Å². The van der Waals surface area contributed by atoms with Gasteiger partial charge in [-0.15, -0.1) is 0 Å². The molecule has 0 saturated heterocycles. The molecule has 0 amide bonds. The number of aromatic nitrogens is 1. The molecule has 0 bridgehead atoms. The van der Waals surface area contributed by atoms with E-state index in [-0.39, 0.29) is 0 Å². The Balaban J connectivity index is 2.28. The Hall–Kier alpha value is -0.870. The van der Waals surface area contributed by atoms with E-state index in [1.807, 2.05) is 37.3 Å². The molecule has 0 aliphatic carbocycles. The van der Waals surface area contributed by atoms with Gasteiger partial charge in [0, 0.05) is 15.1 Å². The fourth-order valence-corrected chi connectivity index (χ4v) is 1.91. The first kappa shape index (κ1) is 11.6. The van der Waals surface area contributed by atoms with Gasteiger partial charge in [-0.1, -0.05) is 12.1 Å². The van der Waals surface area contributed by atoms with Gasteiger partial charge in [-0.25, -0.2) is 4.98 Å². The Bertz CT molecular complexity index is 512. The van der Waals surface area contributed by atoms with Crippen LogP contribution in [0.5, 0.6) is 0 Å². The summed E-state index contributed by atoms with van der Waals surface area (Å²) in [6.45, 7) is 2.04. The predicted octanol–water partition coefficient (Wildman–Crippen LogP) is 4.66. The summed E-state index contributed by atoms with van der Waals surface area (Å²) in [4.78, 5) is 4.30. The van der Waals surface area contributed by atoms with Crippen LogP contribution in [0.2, 0.25) is 0 Å². The number of benzene rings is 1. The number of para-hydroxylation sites is 1. The maximum absolute atomic E-state index is 4.30. The first-order valence-electron chi connectivity index (χ1n) is 4.80. The molecule has 1 aromatic heterocycles. The third-order valence-electron chi connectivity index (χ3n) is 2.18. The average Bonchev–Trinajstić information content (AvgIpc) is 2.27. The molecule has 4 heteroatoms. The normalized spacial score (nSPS) is 10.2. The van der Waals surface area contributed by atoms with Crippen LogP contribution in [-0.2, 0) is 0 Å². The summed E-state index contributed by atoms with van der Waals surface area (Å²) in [7, 11) is 0. The number of hydrogen-bond acceptors (Lipinski definition) is 2. The van der Waals surface area contributed by atoms with Crippen LogP contribution in [0.25, 0.3) is 0 Å². The monoisotopic (exact) mass is 340 g/mol. The number of hydrogen-bond donors (Lipinski definition) is 1. The van der Waals surface area contributed by atoms with Crippen LogP contribution in [0.15, 0.2) is 45.5 Å². The molecule has 16 heavy (non-hydrogen) atoms. The van der Waals surface area contributed by atoms with E-state index in [0.29, 0.717) is 0 Å². The molecule has 2 nitrogen and oxygen atoms in total. The largest absolute Gasteiger partial charge is 0.339 e. The SMILES string of the molecule is Cc1cc(Nc2ccccc2Br)ncc1Br. The fraction of sp³-hybridized carbons (Fsp3) is 0.0833. The van der Waals surface area contributed by atoms with Crippen molar-refractivity contribution in [2.45, 2.75) is 6.92 Å². The van der Waals surface area contributed by atoms with E-state index in [4.69, 9.17) is 0 Å². The highest BCUT2D eigenvalue weighted by atomic mass is 79.9. The van der Waals surface area contributed by atoms with Crippen LogP contribution in [0.3, 0.4) is 0 Å². The molecule has 1 heterocycles. The van der Waals surface area contributed by atoms with Gasteiger partial charge in [-0.3, -0.25) is 0 Å². The van der Waals surface area contributed by atoms with E-state index in [1.54, 1.807) is 6.20 Å². The highest BCUT2D eigenvalue weighted by Crippen LogP contribution is 2.25. The molecule has 1 N–H and O–H groups in total. The molecule has 0 fully saturated rings. The molecule has 82 valence electrons. The third-order valence-corrected chi connectivity index (χ3v) is 3.71. The van der Waals surface area contributed by atoms with E-state index in [2.05, 4.69) is 42.2 Å². The van der Waals surface area contributed by atoms with Crippen molar-refractivity contribution in [3.8, 4) is 0 Å². The molecule has 0 unspecified atom stereocenters. The van der Waals surface area contributed by atoms with Gasteiger partial charge < -0.3 is 5.32 Å². The molecule has 1 aromatic carbocycles. The molecule has 0 saturated carbocycles. The first-order valence-corrected chi connectivity index (χ1v) is 6.39. The van der Waals surface area contributed by atoms with Gasteiger partial charge in [0.2, 0.25) is 0 Å². The van der Waals surface area contributed by atoms with E-state index in [0.717, 1.165) is 26.0 Å². The second-order valence-corrected chi connectivity index (χ2v) is 5.13. The Morgan fingerprint density at radius 3 is 2.56 bits per heavy atom. The summed E-state index contributed by atoms with van der Waals surface area (Å²) >= 11 is 6.92. The number of nitrogens with zero attached hydrogens (tertiary/aromatic N) is 1. The summed E-state index contributed by atoms with van der Waals surface area (Å²) in [5.74, 6) is 0.840. The Labute approximate surface area is 111 Å². The van der Waals surface area contributed by atoms with Gasteiger partial charge in [0.1, 0.15) is 5.82 Å². The van der Waals surface area contributed by atoms with Gasteiger partial charge in [0.15, 0.2) is 0 Å². The second kappa shape index (κ2) is 4.97. The molecule has 0 aliphatic heterocycles. The Kier molecular flexibility index (Phi) is 3.61. The minimum Gasteiger partial charge on any atom is -0.339 e. The lowest BCUT2D eigenvalue weighted by molar-refractivity contribution is 1.25. The highest BCUT2D eigenvalue weighted by Gasteiger charge is 2.01. The van der Waals surface area contributed by atoms with Gasteiger partial charge in [0.25, 0.3) is 0 Å². The van der Waals surface area contributed by atoms with Crippen LogP contribution in [0.4, 0.5) is 11.5 Å². The quantitative estimate of drug-likeness (QED) is 0.859. The lowest BCUT2D eigenvalue weighted by Crippen LogP contribution is -1.94.